The third-order valence-corrected chi connectivity index (χ3v) is 5.25. The van der Waals surface area contributed by atoms with E-state index >= 15 is 0 Å². The van der Waals surface area contributed by atoms with Gasteiger partial charge in [-0.25, -0.2) is 0 Å². The van der Waals surface area contributed by atoms with Gasteiger partial charge in [0.15, 0.2) is 0 Å². The molecule has 0 fully saturated rings. The number of aromatic nitrogens is 4. The number of fused-ring (bicyclic) bond motifs is 4. The molecule has 3 aromatic carbocycles. The molecule has 0 saturated carbocycles. The van der Waals surface area contributed by atoms with Gasteiger partial charge in [-0.1, -0.05) is 42.5 Å². The van der Waals surface area contributed by atoms with E-state index in [1.54, 1.807) is 0 Å². The summed E-state index contributed by atoms with van der Waals surface area (Å²) in [6.45, 7) is 0.548. The maximum absolute atomic E-state index is 13.0. The molecular weight excluding hydrogens is 350 g/mol. The highest BCUT2D eigenvalue weighted by Gasteiger charge is 2.20. The monoisotopic (exact) mass is 369 g/mol. The first kappa shape index (κ1) is 16.6. The maximum atomic E-state index is 13.0. The summed E-state index contributed by atoms with van der Waals surface area (Å²) in [6.07, 6.45) is 2.28. The lowest BCUT2D eigenvalue weighted by Crippen LogP contribution is -2.29. The number of amides is 1. The van der Waals surface area contributed by atoms with Gasteiger partial charge in [0.25, 0.3) is 0 Å². The smallest absolute Gasteiger partial charge is 0.227 e. The highest BCUT2D eigenvalue weighted by Crippen LogP contribution is 2.29. The van der Waals surface area contributed by atoms with Gasteiger partial charge < -0.3 is 4.90 Å². The first-order valence-electron chi connectivity index (χ1n) is 9.43. The van der Waals surface area contributed by atoms with Gasteiger partial charge in [0.2, 0.25) is 11.7 Å². The van der Waals surface area contributed by atoms with Crippen molar-refractivity contribution in [2.24, 2.45) is 0 Å². The number of nitrogens with one attached hydrogen (secondary N) is 1. The molecule has 1 aromatic heterocycles. The number of hydrogen-bond acceptors (Lipinski definition) is 4. The average molecular weight is 369 g/mol. The van der Waals surface area contributed by atoms with Crippen LogP contribution in [0.1, 0.15) is 24.0 Å². The number of hydrogen-bond donors (Lipinski definition) is 1. The van der Waals surface area contributed by atoms with E-state index in [4.69, 9.17) is 0 Å². The zero-order valence-corrected chi connectivity index (χ0v) is 15.3. The Morgan fingerprint density at radius 3 is 2.79 bits per heavy atom. The van der Waals surface area contributed by atoms with Crippen LogP contribution in [0.4, 0.5) is 5.69 Å². The summed E-state index contributed by atoms with van der Waals surface area (Å²) >= 11 is 0. The lowest BCUT2D eigenvalue weighted by Gasteiger charge is -2.23. The third kappa shape index (κ3) is 3.03. The molecule has 138 valence electrons. The molecule has 1 aliphatic heterocycles. The van der Waals surface area contributed by atoms with Gasteiger partial charge in [-0.15, -0.1) is 10.2 Å². The van der Waals surface area contributed by atoms with Gasteiger partial charge in [0.05, 0.1) is 6.54 Å². The molecule has 5 rings (SSSR count). The molecule has 6 heteroatoms. The molecule has 4 aromatic rings. The van der Waals surface area contributed by atoms with E-state index in [0.29, 0.717) is 18.8 Å². The second-order valence-electron chi connectivity index (χ2n) is 7.10. The Morgan fingerprint density at radius 1 is 0.964 bits per heavy atom. The minimum Gasteiger partial charge on any atom is -0.308 e. The Hall–Kier alpha value is -3.54. The van der Waals surface area contributed by atoms with Crippen molar-refractivity contribution in [1.29, 1.82) is 0 Å². The van der Waals surface area contributed by atoms with Crippen LogP contribution in [0.3, 0.4) is 0 Å². The van der Waals surface area contributed by atoms with Crippen LogP contribution in [-0.4, -0.2) is 26.5 Å². The van der Waals surface area contributed by atoms with Crippen molar-refractivity contribution in [2.75, 3.05) is 4.90 Å². The second-order valence-corrected chi connectivity index (χ2v) is 7.10. The molecule has 0 unspecified atom stereocenters. The Balaban J connectivity index is 1.57. The van der Waals surface area contributed by atoms with Crippen LogP contribution in [0.15, 0.2) is 60.7 Å². The normalized spacial score (nSPS) is 14.6. The Morgan fingerprint density at radius 2 is 1.89 bits per heavy atom. The minimum atomic E-state index is 0.136. The fourth-order valence-corrected chi connectivity index (χ4v) is 3.92. The molecule has 0 spiro atoms. The van der Waals surface area contributed by atoms with E-state index < -0.39 is 0 Å². The Kier molecular flexibility index (Phi) is 4.09. The Bertz CT molecular complexity index is 1150. The number of benzene rings is 3. The summed E-state index contributed by atoms with van der Waals surface area (Å²) in [4.78, 5) is 14.9. The molecule has 1 aliphatic rings. The van der Waals surface area contributed by atoms with Gasteiger partial charge in [-0.3, -0.25) is 4.79 Å². The summed E-state index contributed by atoms with van der Waals surface area (Å²) in [5.74, 6) is 0.656. The van der Waals surface area contributed by atoms with Crippen LogP contribution < -0.4 is 4.90 Å². The molecule has 2 bridgehead atoms. The van der Waals surface area contributed by atoms with Crippen molar-refractivity contribution in [1.82, 2.24) is 20.6 Å². The topological polar surface area (TPSA) is 74.8 Å². The average Bonchev–Trinajstić information content (AvgIpc) is 3.27. The zero-order chi connectivity index (χ0) is 18.9. The number of tetrazole rings is 1. The standard InChI is InChI=1S/C22H19N5O/c28-21-10-4-6-17-12-15(11-16-5-1-2-9-20(16)17)14-27(21)19-8-3-7-18(13-19)22-23-25-26-24-22/h1-3,5,7-9,11-13H,4,6,10,14H2,(H,23,24,25,26). The number of carbonyl (C=O) groups excluding carboxylic acids is 1. The van der Waals surface area contributed by atoms with Crippen molar-refractivity contribution < 1.29 is 4.79 Å². The molecule has 0 aliphatic carbocycles. The first-order valence-corrected chi connectivity index (χ1v) is 9.43. The molecular formula is C22H19N5O. The number of carbonyl (C=O) groups is 1. The third-order valence-electron chi connectivity index (χ3n) is 5.25. The van der Waals surface area contributed by atoms with Gasteiger partial charge in [0, 0.05) is 17.7 Å². The molecule has 1 amide bonds. The summed E-state index contributed by atoms with van der Waals surface area (Å²) < 4.78 is 0. The van der Waals surface area contributed by atoms with Crippen molar-refractivity contribution in [2.45, 2.75) is 25.8 Å². The van der Waals surface area contributed by atoms with E-state index in [9.17, 15) is 4.79 Å². The van der Waals surface area contributed by atoms with Crippen molar-refractivity contribution in [3.05, 3.63) is 71.8 Å². The lowest BCUT2D eigenvalue weighted by atomic mass is 9.97. The van der Waals surface area contributed by atoms with E-state index in [1.165, 1.54) is 16.3 Å². The maximum Gasteiger partial charge on any atom is 0.227 e. The number of H-pyrrole nitrogens is 1. The second kappa shape index (κ2) is 6.88. The van der Waals surface area contributed by atoms with Gasteiger partial charge >= 0.3 is 0 Å². The Labute approximate surface area is 162 Å². The number of nitrogens with zero attached hydrogens (tertiary/aromatic N) is 4. The van der Waals surface area contributed by atoms with E-state index in [-0.39, 0.29) is 5.91 Å². The number of rotatable bonds is 2. The van der Waals surface area contributed by atoms with Crippen molar-refractivity contribution in [3.63, 3.8) is 0 Å². The highest BCUT2D eigenvalue weighted by atomic mass is 16.2. The molecule has 1 N–H and O–H groups in total. The van der Waals surface area contributed by atoms with Crippen molar-refractivity contribution >= 4 is 22.4 Å². The summed E-state index contributed by atoms with van der Waals surface area (Å²) in [5.41, 5.74) is 4.15. The summed E-state index contributed by atoms with van der Waals surface area (Å²) in [5, 5.41) is 16.7. The van der Waals surface area contributed by atoms with Crippen LogP contribution in [0.25, 0.3) is 22.2 Å². The fraction of sp³-hybridized carbons (Fsp3) is 0.182. The fourth-order valence-electron chi connectivity index (χ4n) is 3.92. The SMILES string of the molecule is O=C1CCCc2cc(cc3ccccc23)CN1c1cccc(-c2nn[nH]n2)c1. The van der Waals surface area contributed by atoms with Gasteiger partial charge in [0.1, 0.15) is 0 Å². The van der Waals surface area contributed by atoms with Crippen LogP contribution in [0, 0.1) is 0 Å². The first-order chi connectivity index (χ1) is 13.8. The highest BCUT2D eigenvalue weighted by molar-refractivity contribution is 5.94. The van der Waals surface area contributed by atoms with E-state index in [1.807, 2.05) is 29.2 Å². The largest absolute Gasteiger partial charge is 0.308 e. The molecule has 6 nitrogen and oxygen atoms in total. The molecule has 0 radical (unpaired) electrons. The predicted molar refractivity (Wildman–Crippen MR) is 108 cm³/mol. The van der Waals surface area contributed by atoms with Gasteiger partial charge in [-0.2, -0.15) is 5.21 Å². The van der Waals surface area contributed by atoms with Gasteiger partial charge in [-0.05, 0) is 58.2 Å². The quantitative estimate of drug-likeness (QED) is 0.582. The van der Waals surface area contributed by atoms with E-state index in [2.05, 4.69) is 57.0 Å². The lowest BCUT2D eigenvalue weighted by molar-refractivity contribution is -0.118. The molecule has 0 atom stereocenters. The minimum absolute atomic E-state index is 0.136. The van der Waals surface area contributed by atoms with Crippen LogP contribution >= 0.6 is 0 Å². The van der Waals surface area contributed by atoms with Crippen LogP contribution in [0.5, 0.6) is 0 Å². The zero-order valence-electron chi connectivity index (χ0n) is 15.3. The molecule has 28 heavy (non-hydrogen) atoms. The predicted octanol–water partition coefficient (Wildman–Crippen LogP) is 3.89. The number of anilines is 1. The van der Waals surface area contributed by atoms with Crippen LogP contribution in [-0.2, 0) is 17.8 Å². The van der Waals surface area contributed by atoms with Crippen molar-refractivity contribution in [3.8, 4) is 11.4 Å². The molecule has 2 heterocycles. The summed E-state index contributed by atoms with van der Waals surface area (Å²) in [6, 6.07) is 20.6. The number of aryl methyl sites for hydroxylation is 1. The molecule has 0 saturated heterocycles. The van der Waals surface area contributed by atoms with E-state index in [0.717, 1.165) is 29.7 Å². The number of aromatic amines is 1. The van der Waals surface area contributed by atoms with Crippen LogP contribution in [0.2, 0.25) is 0 Å². The summed E-state index contributed by atoms with van der Waals surface area (Å²) in [7, 11) is 0.